The van der Waals surface area contributed by atoms with E-state index in [-0.39, 0.29) is 0 Å². The summed E-state index contributed by atoms with van der Waals surface area (Å²) in [6, 6.07) is 0. The quantitative estimate of drug-likeness (QED) is 0.476. The maximum Gasteiger partial charge on any atom is 0.234 e. The minimum Gasteiger partial charge on any atom is -0.211 e. The Morgan fingerprint density at radius 3 is 2.69 bits per heavy atom. The first-order valence-corrected chi connectivity index (χ1v) is 5.10. The van der Waals surface area contributed by atoms with Crippen LogP contribution in [0.15, 0.2) is 4.99 Å². The highest BCUT2D eigenvalue weighted by Gasteiger charge is 2.33. The standard InChI is InChI=1S/C11H19NO/c1-9-4-5-10(7-12-8-13)6-11(9,2)3/h9-10H,4-7H2,1-3H3. The number of rotatable bonds is 2. The summed E-state index contributed by atoms with van der Waals surface area (Å²) in [7, 11) is 0. The summed E-state index contributed by atoms with van der Waals surface area (Å²) in [5.74, 6) is 1.40. The van der Waals surface area contributed by atoms with Gasteiger partial charge in [-0.2, -0.15) is 0 Å². The van der Waals surface area contributed by atoms with Gasteiger partial charge in [0, 0.05) is 0 Å². The van der Waals surface area contributed by atoms with Gasteiger partial charge in [-0.05, 0) is 36.5 Å². The molecule has 0 radical (unpaired) electrons. The predicted molar refractivity (Wildman–Crippen MR) is 53.3 cm³/mol. The van der Waals surface area contributed by atoms with E-state index < -0.39 is 0 Å². The molecule has 1 saturated carbocycles. The van der Waals surface area contributed by atoms with E-state index in [1.807, 2.05) is 0 Å². The SMILES string of the molecule is CC1CCC(CN=C=O)CC1(C)C. The molecule has 0 spiro atoms. The van der Waals surface area contributed by atoms with Crippen molar-refractivity contribution in [2.45, 2.75) is 40.0 Å². The van der Waals surface area contributed by atoms with E-state index in [0.29, 0.717) is 17.9 Å². The van der Waals surface area contributed by atoms with Crippen LogP contribution in [0.25, 0.3) is 0 Å². The number of isocyanates is 1. The minimum atomic E-state index is 0.418. The van der Waals surface area contributed by atoms with E-state index in [2.05, 4.69) is 25.8 Å². The van der Waals surface area contributed by atoms with Crippen molar-refractivity contribution >= 4 is 6.08 Å². The molecule has 2 atom stereocenters. The highest BCUT2D eigenvalue weighted by molar-refractivity contribution is 5.32. The second-order valence-electron chi connectivity index (χ2n) is 4.97. The van der Waals surface area contributed by atoms with Crippen molar-refractivity contribution in [1.82, 2.24) is 0 Å². The normalized spacial score (nSPS) is 32.2. The molecule has 0 N–H and O–H groups in total. The van der Waals surface area contributed by atoms with Crippen molar-refractivity contribution in [1.29, 1.82) is 0 Å². The Kier molecular flexibility index (Phi) is 3.27. The molecular formula is C11H19NO. The summed E-state index contributed by atoms with van der Waals surface area (Å²) in [6.45, 7) is 7.63. The van der Waals surface area contributed by atoms with Crippen LogP contribution in [0.1, 0.15) is 40.0 Å². The zero-order valence-corrected chi connectivity index (χ0v) is 8.84. The van der Waals surface area contributed by atoms with Gasteiger partial charge in [-0.3, -0.25) is 0 Å². The van der Waals surface area contributed by atoms with Crippen molar-refractivity contribution in [3.63, 3.8) is 0 Å². The fourth-order valence-electron chi connectivity index (χ4n) is 2.25. The van der Waals surface area contributed by atoms with Gasteiger partial charge in [-0.25, -0.2) is 9.79 Å². The highest BCUT2D eigenvalue weighted by atomic mass is 16.1. The van der Waals surface area contributed by atoms with Gasteiger partial charge in [-0.15, -0.1) is 0 Å². The number of hydrogen-bond donors (Lipinski definition) is 0. The van der Waals surface area contributed by atoms with Crippen LogP contribution >= 0.6 is 0 Å². The van der Waals surface area contributed by atoms with E-state index in [1.54, 1.807) is 6.08 Å². The van der Waals surface area contributed by atoms with Gasteiger partial charge in [0.25, 0.3) is 0 Å². The third kappa shape index (κ3) is 2.67. The highest BCUT2D eigenvalue weighted by Crippen LogP contribution is 2.42. The maximum absolute atomic E-state index is 9.98. The summed E-state index contributed by atoms with van der Waals surface area (Å²) in [5.41, 5.74) is 0.418. The smallest absolute Gasteiger partial charge is 0.211 e. The molecule has 1 rings (SSSR count). The largest absolute Gasteiger partial charge is 0.234 e. The van der Waals surface area contributed by atoms with Crippen LogP contribution < -0.4 is 0 Å². The van der Waals surface area contributed by atoms with Gasteiger partial charge >= 0.3 is 0 Å². The van der Waals surface area contributed by atoms with Gasteiger partial charge in [0.15, 0.2) is 0 Å². The van der Waals surface area contributed by atoms with Gasteiger partial charge in [-0.1, -0.05) is 20.8 Å². The van der Waals surface area contributed by atoms with Crippen LogP contribution in [0.4, 0.5) is 0 Å². The average Bonchev–Trinajstić information content (AvgIpc) is 2.07. The van der Waals surface area contributed by atoms with E-state index >= 15 is 0 Å². The molecule has 1 aliphatic rings. The summed E-state index contributed by atoms with van der Waals surface area (Å²) in [4.78, 5) is 13.7. The van der Waals surface area contributed by atoms with Crippen molar-refractivity contribution in [2.24, 2.45) is 22.2 Å². The van der Waals surface area contributed by atoms with Crippen molar-refractivity contribution in [3.05, 3.63) is 0 Å². The van der Waals surface area contributed by atoms with Crippen LogP contribution in [0.5, 0.6) is 0 Å². The summed E-state index contributed by atoms with van der Waals surface area (Å²) >= 11 is 0. The third-order valence-electron chi connectivity index (χ3n) is 3.57. The van der Waals surface area contributed by atoms with E-state index in [1.165, 1.54) is 19.3 Å². The second-order valence-corrected chi connectivity index (χ2v) is 4.97. The van der Waals surface area contributed by atoms with Gasteiger partial charge in [0.2, 0.25) is 6.08 Å². The summed E-state index contributed by atoms with van der Waals surface area (Å²) in [5, 5.41) is 0. The molecule has 0 amide bonds. The Hall–Kier alpha value is -0.620. The monoisotopic (exact) mass is 181 g/mol. The number of carbonyl (C=O) groups excluding carboxylic acids is 1. The Labute approximate surface area is 80.4 Å². The zero-order valence-electron chi connectivity index (χ0n) is 8.84. The molecule has 0 aromatic carbocycles. The molecule has 0 heterocycles. The van der Waals surface area contributed by atoms with Crippen LogP contribution in [0, 0.1) is 17.3 Å². The molecule has 2 heteroatoms. The molecular weight excluding hydrogens is 162 g/mol. The maximum atomic E-state index is 9.98. The number of nitrogens with zero attached hydrogens (tertiary/aromatic N) is 1. The van der Waals surface area contributed by atoms with Gasteiger partial charge in [0.05, 0.1) is 6.54 Å². The molecule has 1 aliphatic carbocycles. The molecule has 13 heavy (non-hydrogen) atoms. The fourth-order valence-corrected chi connectivity index (χ4v) is 2.25. The van der Waals surface area contributed by atoms with E-state index in [9.17, 15) is 4.79 Å². The van der Waals surface area contributed by atoms with Gasteiger partial charge < -0.3 is 0 Å². The van der Waals surface area contributed by atoms with Crippen molar-refractivity contribution in [3.8, 4) is 0 Å². The third-order valence-corrected chi connectivity index (χ3v) is 3.57. The lowest BCUT2D eigenvalue weighted by molar-refractivity contribution is 0.111. The number of hydrogen-bond acceptors (Lipinski definition) is 2. The second kappa shape index (κ2) is 4.06. The van der Waals surface area contributed by atoms with Gasteiger partial charge in [0.1, 0.15) is 0 Å². The van der Waals surface area contributed by atoms with Crippen LogP contribution in [-0.2, 0) is 4.79 Å². The number of aliphatic imine (C=N–C) groups is 1. The molecule has 1 fully saturated rings. The van der Waals surface area contributed by atoms with Crippen LogP contribution in [-0.4, -0.2) is 12.6 Å². The molecule has 0 saturated heterocycles. The fraction of sp³-hybridized carbons (Fsp3) is 0.909. The van der Waals surface area contributed by atoms with E-state index in [4.69, 9.17) is 0 Å². The average molecular weight is 181 g/mol. The lowest BCUT2D eigenvalue weighted by Crippen LogP contribution is -2.31. The van der Waals surface area contributed by atoms with Crippen molar-refractivity contribution < 1.29 is 4.79 Å². The first kappa shape index (κ1) is 10.5. The first-order chi connectivity index (χ1) is 6.06. The first-order valence-electron chi connectivity index (χ1n) is 5.10. The lowest BCUT2D eigenvalue weighted by atomic mass is 9.66. The summed E-state index contributed by atoms with van der Waals surface area (Å²) in [6.07, 6.45) is 5.31. The topological polar surface area (TPSA) is 29.4 Å². The Morgan fingerprint density at radius 2 is 2.15 bits per heavy atom. The van der Waals surface area contributed by atoms with E-state index in [0.717, 1.165) is 5.92 Å². The predicted octanol–water partition coefficient (Wildman–Crippen LogP) is 2.78. The Bertz CT molecular complexity index is 216. The van der Waals surface area contributed by atoms with Crippen LogP contribution in [0.2, 0.25) is 0 Å². The molecule has 74 valence electrons. The summed E-state index contributed by atoms with van der Waals surface area (Å²) < 4.78 is 0. The molecule has 0 bridgehead atoms. The Morgan fingerprint density at radius 1 is 1.46 bits per heavy atom. The zero-order chi connectivity index (χ0) is 9.90. The lowest BCUT2D eigenvalue weighted by Gasteiger charge is -2.40. The van der Waals surface area contributed by atoms with Crippen molar-refractivity contribution in [2.75, 3.05) is 6.54 Å². The molecule has 2 unspecified atom stereocenters. The molecule has 0 aromatic heterocycles. The minimum absolute atomic E-state index is 0.418. The Balaban J connectivity index is 2.50. The molecule has 0 aliphatic heterocycles. The van der Waals surface area contributed by atoms with Crippen LogP contribution in [0.3, 0.4) is 0 Å². The molecule has 2 nitrogen and oxygen atoms in total. The molecule has 0 aromatic rings.